The molecule has 1 aromatic heterocycles. The van der Waals surface area contributed by atoms with Gasteiger partial charge in [0.15, 0.2) is 0 Å². The molecular formula is C12H16N2O5. The fraction of sp³-hybridized carbons (Fsp3) is 0.500. The Balaban J connectivity index is 3.32. The molecule has 7 nitrogen and oxygen atoms in total. The number of nitrogens with zero attached hydrogens (tertiary/aromatic N) is 2. The highest BCUT2D eigenvalue weighted by Crippen LogP contribution is 2.18. The van der Waals surface area contributed by atoms with Gasteiger partial charge in [-0.05, 0) is 20.3 Å². The number of carbonyl (C=O) groups excluding carboxylic acids is 1. The molecule has 7 heteroatoms. The highest BCUT2D eigenvalue weighted by atomic mass is 16.6. The van der Waals surface area contributed by atoms with Crippen LogP contribution in [-0.2, 0) is 9.53 Å². The molecule has 0 N–H and O–H groups in total. The van der Waals surface area contributed by atoms with Gasteiger partial charge in [-0.1, -0.05) is 6.92 Å². The number of aromatic nitrogens is 1. The van der Waals surface area contributed by atoms with E-state index < -0.39 is 22.5 Å². The summed E-state index contributed by atoms with van der Waals surface area (Å²) in [6.45, 7) is 5.04. The lowest BCUT2D eigenvalue weighted by Gasteiger charge is -2.16. The van der Waals surface area contributed by atoms with E-state index in [1.54, 1.807) is 13.8 Å². The van der Waals surface area contributed by atoms with Crippen molar-refractivity contribution in [2.24, 2.45) is 0 Å². The summed E-state index contributed by atoms with van der Waals surface area (Å²) in [4.78, 5) is 33.9. The van der Waals surface area contributed by atoms with Gasteiger partial charge in [0, 0.05) is 11.6 Å². The third-order valence-electron chi connectivity index (χ3n) is 2.74. The summed E-state index contributed by atoms with van der Waals surface area (Å²) >= 11 is 0. The molecule has 0 aliphatic carbocycles. The molecule has 0 bridgehead atoms. The molecule has 1 atom stereocenters. The molecule has 1 unspecified atom stereocenters. The maximum absolute atomic E-state index is 11.9. The van der Waals surface area contributed by atoms with Gasteiger partial charge in [0.2, 0.25) is 0 Å². The van der Waals surface area contributed by atoms with Crippen LogP contribution in [0.3, 0.4) is 0 Å². The van der Waals surface area contributed by atoms with Crippen molar-refractivity contribution in [1.82, 2.24) is 4.57 Å². The number of pyridine rings is 1. The van der Waals surface area contributed by atoms with E-state index in [9.17, 15) is 19.7 Å². The van der Waals surface area contributed by atoms with Crippen LogP contribution in [0.1, 0.15) is 31.9 Å². The van der Waals surface area contributed by atoms with Crippen molar-refractivity contribution in [1.29, 1.82) is 0 Å². The average Bonchev–Trinajstić information content (AvgIpc) is 2.32. The first-order valence-electron chi connectivity index (χ1n) is 5.96. The van der Waals surface area contributed by atoms with Crippen molar-refractivity contribution in [3.63, 3.8) is 0 Å². The topological polar surface area (TPSA) is 91.4 Å². The minimum atomic E-state index is -0.841. The first-order chi connectivity index (χ1) is 8.92. The summed E-state index contributed by atoms with van der Waals surface area (Å²) in [5.41, 5.74) is -0.379. The lowest BCUT2D eigenvalue weighted by Crippen LogP contribution is -2.30. The van der Waals surface area contributed by atoms with Crippen LogP contribution < -0.4 is 5.56 Å². The van der Waals surface area contributed by atoms with Gasteiger partial charge < -0.3 is 4.74 Å². The highest BCUT2D eigenvalue weighted by Gasteiger charge is 2.23. The zero-order chi connectivity index (χ0) is 14.6. The smallest absolute Gasteiger partial charge is 0.329 e. The zero-order valence-corrected chi connectivity index (χ0v) is 11.1. The molecule has 0 radical (unpaired) electrons. The second kappa shape index (κ2) is 6.12. The fourth-order valence-electron chi connectivity index (χ4n) is 1.78. The molecule has 104 valence electrons. The quantitative estimate of drug-likeness (QED) is 0.459. The van der Waals surface area contributed by atoms with Gasteiger partial charge in [-0.15, -0.1) is 0 Å². The molecular weight excluding hydrogens is 252 g/mol. The first kappa shape index (κ1) is 14.9. The summed E-state index contributed by atoms with van der Waals surface area (Å²) in [5, 5.41) is 10.9. The molecule has 19 heavy (non-hydrogen) atoms. The van der Waals surface area contributed by atoms with E-state index in [1.807, 2.05) is 0 Å². The molecule has 1 rings (SSSR count). The van der Waals surface area contributed by atoms with Crippen LogP contribution >= 0.6 is 0 Å². The maximum Gasteiger partial charge on any atom is 0.329 e. The number of nitro groups is 1. The number of hydrogen-bond donors (Lipinski definition) is 0. The Morgan fingerprint density at radius 3 is 2.63 bits per heavy atom. The standard InChI is InChI=1S/C12H16N2O5/c1-4-9(12(16)19-5-2)13-7-10(14(17)18)8(3)6-11(13)15/h6-7,9H,4-5H2,1-3H3. The van der Waals surface area contributed by atoms with Gasteiger partial charge in [-0.3, -0.25) is 19.5 Å². The third-order valence-corrected chi connectivity index (χ3v) is 2.74. The van der Waals surface area contributed by atoms with E-state index >= 15 is 0 Å². The van der Waals surface area contributed by atoms with E-state index in [0.29, 0.717) is 6.42 Å². The average molecular weight is 268 g/mol. The van der Waals surface area contributed by atoms with Gasteiger partial charge in [-0.25, -0.2) is 4.79 Å². The monoisotopic (exact) mass is 268 g/mol. The molecule has 0 aliphatic heterocycles. The van der Waals surface area contributed by atoms with Gasteiger partial charge in [0.25, 0.3) is 11.2 Å². The van der Waals surface area contributed by atoms with Crippen molar-refractivity contribution >= 4 is 11.7 Å². The van der Waals surface area contributed by atoms with E-state index in [0.717, 1.165) is 16.8 Å². The molecule has 0 aliphatic rings. The number of carbonyl (C=O) groups is 1. The van der Waals surface area contributed by atoms with Crippen LogP contribution in [0.15, 0.2) is 17.1 Å². The molecule has 1 aromatic rings. The minimum Gasteiger partial charge on any atom is -0.464 e. The normalized spacial score (nSPS) is 11.9. The lowest BCUT2D eigenvalue weighted by molar-refractivity contribution is -0.386. The first-order valence-corrected chi connectivity index (χ1v) is 5.96. The Morgan fingerprint density at radius 2 is 2.16 bits per heavy atom. The van der Waals surface area contributed by atoms with Crippen molar-refractivity contribution in [3.8, 4) is 0 Å². The predicted octanol–water partition coefficient (Wildman–Crippen LogP) is 1.58. The summed E-state index contributed by atoms with van der Waals surface area (Å²) in [6.07, 6.45) is 1.42. The molecule has 0 saturated heterocycles. The number of esters is 1. The number of hydrogen-bond acceptors (Lipinski definition) is 5. The predicted molar refractivity (Wildman–Crippen MR) is 68.1 cm³/mol. The Kier molecular flexibility index (Phi) is 4.80. The number of rotatable bonds is 5. The zero-order valence-electron chi connectivity index (χ0n) is 11.1. The largest absolute Gasteiger partial charge is 0.464 e. The minimum absolute atomic E-state index is 0.192. The van der Waals surface area contributed by atoms with E-state index in [-0.39, 0.29) is 17.9 Å². The molecule has 0 spiro atoms. The maximum atomic E-state index is 11.9. The second-order valence-electron chi connectivity index (χ2n) is 4.02. The third kappa shape index (κ3) is 3.18. The van der Waals surface area contributed by atoms with Crippen LogP contribution in [0.2, 0.25) is 0 Å². The van der Waals surface area contributed by atoms with Crippen LogP contribution in [0, 0.1) is 17.0 Å². The second-order valence-corrected chi connectivity index (χ2v) is 4.02. The highest BCUT2D eigenvalue weighted by molar-refractivity contribution is 5.74. The van der Waals surface area contributed by atoms with Gasteiger partial charge >= 0.3 is 5.97 Å². The van der Waals surface area contributed by atoms with Crippen LogP contribution in [0.25, 0.3) is 0 Å². The van der Waals surface area contributed by atoms with Crippen molar-refractivity contribution in [2.45, 2.75) is 33.2 Å². The summed E-state index contributed by atoms with van der Waals surface area (Å²) in [5.74, 6) is -0.565. The molecule has 1 heterocycles. The van der Waals surface area contributed by atoms with Crippen molar-refractivity contribution in [2.75, 3.05) is 6.61 Å². The van der Waals surface area contributed by atoms with Crippen LogP contribution in [-0.4, -0.2) is 22.1 Å². The summed E-state index contributed by atoms with van der Waals surface area (Å²) in [7, 11) is 0. The van der Waals surface area contributed by atoms with Gasteiger partial charge in [0.05, 0.1) is 17.7 Å². The molecule has 0 amide bonds. The van der Waals surface area contributed by atoms with Gasteiger partial charge in [0.1, 0.15) is 6.04 Å². The van der Waals surface area contributed by atoms with Gasteiger partial charge in [-0.2, -0.15) is 0 Å². The molecule has 0 aromatic carbocycles. The molecule has 0 fully saturated rings. The summed E-state index contributed by atoms with van der Waals surface area (Å²) in [6, 6.07) is 0.312. The summed E-state index contributed by atoms with van der Waals surface area (Å²) < 4.78 is 5.93. The Labute approximate surface area is 110 Å². The van der Waals surface area contributed by atoms with E-state index in [4.69, 9.17) is 4.74 Å². The van der Waals surface area contributed by atoms with E-state index in [1.165, 1.54) is 6.92 Å². The lowest BCUT2D eigenvalue weighted by atomic mass is 10.2. The Bertz CT molecular complexity index is 550. The number of aryl methyl sites for hydroxylation is 1. The van der Waals surface area contributed by atoms with Crippen LogP contribution in [0.4, 0.5) is 5.69 Å². The fourth-order valence-corrected chi connectivity index (χ4v) is 1.78. The molecule has 0 saturated carbocycles. The number of ether oxygens (including phenoxy) is 1. The Morgan fingerprint density at radius 1 is 1.53 bits per heavy atom. The SMILES string of the molecule is CCOC(=O)C(CC)n1cc([N+](=O)[O-])c(C)cc1=O. The van der Waals surface area contributed by atoms with Crippen molar-refractivity contribution < 1.29 is 14.5 Å². The van der Waals surface area contributed by atoms with Crippen molar-refractivity contribution in [3.05, 3.63) is 38.3 Å². The van der Waals surface area contributed by atoms with Crippen LogP contribution in [0.5, 0.6) is 0 Å². The van der Waals surface area contributed by atoms with E-state index in [2.05, 4.69) is 0 Å². The Hall–Kier alpha value is -2.18.